The standard InChI is InChI=1S/C13H15N5O2/c19-18(20)12-3-1-2-10(8-12)13-15-9-17(16-13)11-4-6-14-7-5-11/h1-3,8-9,11,14H,4-7H2. The molecule has 7 heteroatoms. The van der Waals surface area contributed by atoms with Crippen LogP contribution in [-0.2, 0) is 0 Å². The maximum absolute atomic E-state index is 10.8. The Labute approximate surface area is 115 Å². The third kappa shape index (κ3) is 2.53. The van der Waals surface area contributed by atoms with Crippen LogP contribution in [0.4, 0.5) is 5.69 Å². The van der Waals surface area contributed by atoms with Gasteiger partial charge in [-0.2, -0.15) is 5.10 Å². The number of nitrogens with one attached hydrogen (secondary N) is 1. The lowest BCUT2D eigenvalue weighted by molar-refractivity contribution is -0.384. The molecular formula is C13H15N5O2. The van der Waals surface area contributed by atoms with Crippen molar-refractivity contribution in [3.05, 3.63) is 40.7 Å². The lowest BCUT2D eigenvalue weighted by Crippen LogP contribution is -2.29. The first-order valence-electron chi connectivity index (χ1n) is 6.61. The molecule has 2 heterocycles. The number of benzene rings is 1. The van der Waals surface area contributed by atoms with Gasteiger partial charge in [0, 0.05) is 17.7 Å². The number of nitrogens with zero attached hydrogens (tertiary/aromatic N) is 4. The highest BCUT2D eigenvalue weighted by molar-refractivity contribution is 5.58. The second-order valence-corrected chi connectivity index (χ2v) is 4.84. The van der Waals surface area contributed by atoms with Gasteiger partial charge in [-0.05, 0) is 25.9 Å². The van der Waals surface area contributed by atoms with E-state index >= 15 is 0 Å². The molecule has 0 saturated carbocycles. The van der Waals surface area contributed by atoms with E-state index in [2.05, 4.69) is 15.4 Å². The van der Waals surface area contributed by atoms with Crippen LogP contribution in [0.1, 0.15) is 18.9 Å². The Morgan fingerprint density at radius 1 is 1.35 bits per heavy atom. The fraction of sp³-hybridized carbons (Fsp3) is 0.385. The minimum absolute atomic E-state index is 0.0562. The van der Waals surface area contributed by atoms with Crippen LogP contribution in [0.5, 0.6) is 0 Å². The molecule has 0 amide bonds. The summed E-state index contributed by atoms with van der Waals surface area (Å²) in [6.07, 6.45) is 3.76. The molecular weight excluding hydrogens is 258 g/mol. The van der Waals surface area contributed by atoms with Gasteiger partial charge in [-0.25, -0.2) is 9.67 Å². The van der Waals surface area contributed by atoms with Crippen LogP contribution < -0.4 is 5.32 Å². The van der Waals surface area contributed by atoms with Gasteiger partial charge in [0.2, 0.25) is 0 Å². The van der Waals surface area contributed by atoms with Crippen LogP contribution in [0.3, 0.4) is 0 Å². The van der Waals surface area contributed by atoms with E-state index in [1.807, 2.05) is 4.68 Å². The maximum atomic E-state index is 10.8. The van der Waals surface area contributed by atoms with Gasteiger partial charge >= 0.3 is 0 Å². The Hall–Kier alpha value is -2.28. The maximum Gasteiger partial charge on any atom is 0.270 e. The van der Waals surface area contributed by atoms with Gasteiger partial charge in [0.15, 0.2) is 5.82 Å². The van der Waals surface area contributed by atoms with E-state index in [1.165, 1.54) is 12.1 Å². The second kappa shape index (κ2) is 5.38. The molecule has 1 aliphatic heterocycles. The van der Waals surface area contributed by atoms with Crippen molar-refractivity contribution in [1.29, 1.82) is 0 Å². The summed E-state index contributed by atoms with van der Waals surface area (Å²) in [5.41, 5.74) is 0.729. The van der Waals surface area contributed by atoms with Crippen molar-refractivity contribution in [3.63, 3.8) is 0 Å². The second-order valence-electron chi connectivity index (χ2n) is 4.84. The molecule has 2 aromatic rings. The van der Waals surface area contributed by atoms with Crippen LogP contribution in [0.2, 0.25) is 0 Å². The number of nitro benzene ring substituents is 1. The van der Waals surface area contributed by atoms with Gasteiger partial charge < -0.3 is 5.32 Å². The molecule has 3 rings (SSSR count). The predicted molar refractivity (Wildman–Crippen MR) is 73.3 cm³/mol. The normalized spacial score (nSPS) is 16.2. The fourth-order valence-corrected chi connectivity index (χ4v) is 2.41. The topological polar surface area (TPSA) is 85.9 Å². The summed E-state index contributed by atoms with van der Waals surface area (Å²) in [6, 6.07) is 6.76. The molecule has 0 aliphatic carbocycles. The molecule has 0 bridgehead atoms. The first kappa shape index (κ1) is 12.7. The van der Waals surface area contributed by atoms with Crippen LogP contribution in [0.25, 0.3) is 11.4 Å². The summed E-state index contributed by atoms with van der Waals surface area (Å²) in [5, 5.41) is 18.6. The Morgan fingerprint density at radius 2 is 2.15 bits per heavy atom. The lowest BCUT2D eigenvalue weighted by atomic mass is 10.1. The predicted octanol–water partition coefficient (Wildman–Crippen LogP) is 1.78. The number of nitro groups is 1. The lowest BCUT2D eigenvalue weighted by Gasteiger charge is -2.22. The molecule has 0 atom stereocenters. The summed E-state index contributed by atoms with van der Waals surface area (Å²) in [7, 11) is 0. The summed E-state index contributed by atoms with van der Waals surface area (Å²) in [6.45, 7) is 1.97. The van der Waals surface area contributed by atoms with Crippen molar-refractivity contribution in [2.45, 2.75) is 18.9 Å². The molecule has 1 aromatic carbocycles. The number of aromatic nitrogens is 3. The molecule has 1 aliphatic rings. The Balaban J connectivity index is 1.85. The quantitative estimate of drug-likeness (QED) is 0.680. The van der Waals surface area contributed by atoms with Gasteiger partial charge in [0.25, 0.3) is 5.69 Å². The van der Waals surface area contributed by atoms with Crippen LogP contribution in [0, 0.1) is 10.1 Å². The van der Waals surface area contributed by atoms with E-state index in [0.29, 0.717) is 17.4 Å². The third-order valence-corrected chi connectivity index (χ3v) is 3.51. The average molecular weight is 273 g/mol. The molecule has 1 saturated heterocycles. The highest BCUT2D eigenvalue weighted by atomic mass is 16.6. The minimum Gasteiger partial charge on any atom is -0.317 e. The molecule has 104 valence electrons. The van der Waals surface area contributed by atoms with E-state index in [9.17, 15) is 10.1 Å². The number of hydrogen-bond acceptors (Lipinski definition) is 5. The van der Waals surface area contributed by atoms with Crippen LogP contribution >= 0.6 is 0 Å². The highest BCUT2D eigenvalue weighted by Gasteiger charge is 2.17. The zero-order valence-corrected chi connectivity index (χ0v) is 10.9. The summed E-state index contributed by atoms with van der Waals surface area (Å²) in [5.74, 6) is 0.534. The molecule has 0 radical (unpaired) electrons. The number of hydrogen-bond donors (Lipinski definition) is 1. The molecule has 0 spiro atoms. The van der Waals surface area contributed by atoms with Gasteiger partial charge in [0.1, 0.15) is 6.33 Å². The molecule has 7 nitrogen and oxygen atoms in total. The monoisotopic (exact) mass is 273 g/mol. The zero-order valence-electron chi connectivity index (χ0n) is 10.9. The van der Waals surface area contributed by atoms with E-state index < -0.39 is 4.92 Å². The Morgan fingerprint density at radius 3 is 2.90 bits per heavy atom. The largest absolute Gasteiger partial charge is 0.317 e. The number of piperidine rings is 1. The SMILES string of the molecule is O=[N+]([O-])c1cccc(-c2ncn(C3CCNCC3)n2)c1. The van der Waals surface area contributed by atoms with Crippen molar-refractivity contribution in [3.8, 4) is 11.4 Å². The molecule has 1 N–H and O–H groups in total. The van der Waals surface area contributed by atoms with Crippen molar-refractivity contribution in [2.75, 3.05) is 13.1 Å². The van der Waals surface area contributed by atoms with E-state index in [-0.39, 0.29) is 5.69 Å². The smallest absolute Gasteiger partial charge is 0.270 e. The van der Waals surface area contributed by atoms with Crippen molar-refractivity contribution >= 4 is 5.69 Å². The van der Waals surface area contributed by atoms with Crippen molar-refractivity contribution in [1.82, 2.24) is 20.1 Å². The van der Waals surface area contributed by atoms with Gasteiger partial charge in [-0.1, -0.05) is 12.1 Å². The first-order chi connectivity index (χ1) is 9.74. The first-order valence-corrected chi connectivity index (χ1v) is 6.61. The van der Waals surface area contributed by atoms with E-state index in [1.54, 1.807) is 18.5 Å². The van der Waals surface area contributed by atoms with Gasteiger partial charge in [-0.15, -0.1) is 0 Å². The molecule has 0 unspecified atom stereocenters. The van der Waals surface area contributed by atoms with E-state index in [4.69, 9.17) is 0 Å². The van der Waals surface area contributed by atoms with Crippen molar-refractivity contribution < 1.29 is 4.92 Å². The number of rotatable bonds is 3. The molecule has 20 heavy (non-hydrogen) atoms. The minimum atomic E-state index is -0.409. The van der Waals surface area contributed by atoms with Crippen LogP contribution in [-0.4, -0.2) is 32.8 Å². The zero-order chi connectivity index (χ0) is 13.9. The van der Waals surface area contributed by atoms with E-state index in [0.717, 1.165) is 25.9 Å². The average Bonchev–Trinajstić information content (AvgIpc) is 2.98. The Kier molecular flexibility index (Phi) is 3.42. The van der Waals surface area contributed by atoms with Gasteiger partial charge in [-0.3, -0.25) is 10.1 Å². The van der Waals surface area contributed by atoms with Crippen molar-refractivity contribution in [2.24, 2.45) is 0 Å². The Bertz CT molecular complexity index is 619. The highest BCUT2D eigenvalue weighted by Crippen LogP contribution is 2.23. The number of non-ortho nitro benzene ring substituents is 1. The summed E-state index contributed by atoms with van der Waals surface area (Å²) < 4.78 is 1.87. The molecule has 1 fully saturated rings. The van der Waals surface area contributed by atoms with Gasteiger partial charge in [0.05, 0.1) is 11.0 Å². The fourth-order valence-electron chi connectivity index (χ4n) is 2.41. The van der Waals surface area contributed by atoms with Crippen LogP contribution in [0.15, 0.2) is 30.6 Å². The third-order valence-electron chi connectivity index (χ3n) is 3.51. The summed E-state index contributed by atoms with van der Waals surface area (Å²) in [4.78, 5) is 14.7. The molecule has 1 aromatic heterocycles. The summed E-state index contributed by atoms with van der Waals surface area (Å²) >= 11 is 0.